The van der Waals surface area contributed by atoms with Gasteiger partial charge in [-0.05, 0) is 42.0 Å². The topological polar surface area (TPSA) is 23.8 Å². The van der Waals surface area contributed by atoms with E-state index in [4.69, 9.17) is 5.26 Å². The SMILES string of the molecule is C=C(CCC1CC1)c1ccc(C#N)cc1. The Labute approximate surface area is 91.0 Å². The monoisotopic (exact) mass is 197 g/mol. The van der Waals surface area contributed by atoms with Gasteiger partial charge in [-0.2, -0.15) is 5.26 Å². The molecular weight excluding hydrogens is 182 g/mol. The molecule has 1 aromatic rings. The number of allylic oxidation sites excluding steroid dienone is 1. The maximum absolute atomic E-state index is 8.68. The summed E-state index contributed by atoms with van der Waals surface area (Å²) < 4.78 is 0. The molecule has 0 amide bonds. The molecule has 0 unspecified atom stereocenters. The number of rotatable bonds is 4. The van der Waals surface area contributed by atoms with E-state index in [2.05, 4.69) is 12.6 Å². The van der Waals surface area contributed by atoms with Crippen LogP contribution in [0.15, 0.2) is 30.8 Å². The summed E-state index contributed by atoms with van der Waals surface area (Å²) in [5, 5.41) is 8.68. The molecule has 0 spiro atoms. The lowest BCUT2D eigenvalue weighted by molar-refractivity contribution is 0.750. The van der Waals surface area contributed by atoms with Crippen LogP contribution < -0.4 is 0 Å². The van der Waals surface area contributed by atoms with Crippen LogP contribution in [0.25, 0.3) is 5.57 Å². The summed E-state index contributed by atoms with van der Waals surface area (Å²) in [7, 11) is 0. The molecule has 0 heterocycles. The van der Waals surface area contributed by atoms with E-state index in [0.717, 1.165) is 12.3 Å². The molecule has 0 aromatic heterocycles. The molecule has 0 atom stereocenters. The minimum atomic E-state index is 0.716. The van der Waals surface area contributed by atoms with Crippen LogP contribution in [0.2, 0.25) is 0 Å². The normalized spacial score (nSPS) is 14.6. The lowest BCUT2D eigenvalue weighted by Gasteiger charge is -2.05. The maximum atomic E-state index is 8.68. The van der Waals surface area contributed by atoms with E-state index < -0.39 is 0 Å². The second kappa shape index (κ2) is 4.31. The third-order valence-electron chi connectivity index (χ3n) is 2.97. The second-order valence-corrected chi connectivity index (χ2v) is 4.27. The summed E-state index contributed by atoms with van der Waals surface area (Å²) >= 11 is 0. The van der Waals surface area contributed by atoms with Gasteiger partial charge in [-0.15, -0.1) is 0 Å². The Morgan fingerprint density at radius 2 is 2.00 bits per heavy atom. The van der Waals surface area contributed by atoms with E-state index in [9.17, 15) is 0 Å². The van der Waals surface area contributed by atoms with Crippen LogP contribution in [0.1, 0.15) is 36.8 Å². The van der Waals surface area contributed by atoms with Crippen molar-refractivity contribution in [1.29, 1.82) is 5.26 Å². The summed E-state index contributed by atoms with van der Waals surface area (Å²) in [6.45, 7) is 4.10. The van der Waals surface area contributed by atoms with Gasteiger partial charge in [0.15, 0.2) is 0 Å². The van der Waals surface area contributed by atoms with Crippen molar-refractivity contribution < 1.29 is 0 Å². The van der Waals surface area contributed by atoms with Gasteiger partial charge in [-0.3, -0.25) is 0 Å². The Morgan fingerprint density at radius 3 is 2.53 bits per heavy atom. The predicted molar refractivity (Wildman–Crippen MR) is 62.1 cm³/mol. The fourth-order valence-electron chi connectivity index (χ4n) is 1.71. The first-order chi connectivity index (χ1) is 7.29. The average molecular weight is 197 g/mol. The van der Waals surface area contributed by atoms with Gasteiger partial charge in [0.1, 0.15) is 0 Å². The van der Waals surface area contributed by atoms with Crippen molar-refractivity contribution in [3.63, 3.8) is 0 Å². The highest BCUT2D eigenvalue weighted by atomic mass is 14.3. The number of hydrogen-bond donors (Lipinski definition) is 0. The minimum absolute atomic E-state index is 0.716. The first-order valence-electron chi connectivity index (χ1n) is 5.48. The Bertz CT molecular complexity index is 390. The molecule has 1 fully saturated rings. The van der Waals surface area contributed by atoms with Gasteiger partial charge in [0, 0.05) is 0 Å². The molecule has 76 valence electrons. The van der Waals surface area contributed by atoms with Crippen LogP contribution in [-0.4, -0.2) is 0 Å². The largest absolute Gasteiger partial charge is 0.192 e. The Morgan fingerprint density at radius 1 is 1.33 bits per heavy atom. The quantitative estimate of drug-likeness (QED) is 0.721. The van der Waals surface area contributed by atoms with Crippen molar-refractivity contribution in [3.8, 4) is 6.07 Å². The van der Waals surface area contributed by atoms with Gasteiger partial charge in [0.05, 0.1) is 11.6 Å². The Kier molecular flexibility index (Phi) is 2.87. The third-order valence-corrected chi connectivity index (χ3v) is 2.97. The molecule has 0 radical (unpaired) electrons. The molecule has 1 aliphatic rings. The van der Waals surface area contributed by atoms with E-state index >= 15 is 0 Å². The maximum Gasteiger partial charge on any atom is 0.0991 e. The zero-order chi connectivity index (χ0) is 10.7. The standard InChI is InChI=1S/C14H15N/c1-11(2-3-12-4-5-12)14-8-6-13(10-15)7-9-14/h6-9,12H,1-5H2. The molecule has 1 aromatic carbocycles. The molecule has 15 heavy (non-hydrogen) atoms. The molecule has 0 saturated heterocycles. The van der Waals surface area contributed by atoms with Crippen LogP contribution in [0.4, 0.5) is 0 Å². The number of benzene rings is 1. The van der Waals surface area contributed by atoms with Crippen molar-refractivity contribution in [2.75, 3.05) is 0 Å². The van der Waals surface area contributed by atoms with E-state index in [-0.39, 0.29) is 0 Å². The molecule has 1 aliphatic carbocycles. The van der Waals surface area contributed by atoms with Gasteiger partial charge in [0.2, 0.25) is 0 Å². The molecule has 1 saturated carbocycles. The van der Waals surface area contributed by atoms with Crippen molar-refractivity contribution >= 4 is 5.57 Å². The van der Waals surface area contributed by atoms with Crippen LogP contribution in [-0.2, 0) is 0 Å². The third kappa shape index (κ3) is 2.70. The van der Waals surface area contributed by atoms with Crippen LogP contribution in [0.3, 0.4) is 0 Å². The fourth-order valence-corrected chi connectivity index (χ4v) is 1.71. The van der Waals surface area contributed by atoms with Crippen molar-refractivity contribution in [1.82, 2.24) is 0 Å². The Hall–Kier alpha value is -1.55. The molecular formula is C14H15N. The lowest BCUT2D eigenvalue weighted by Crippen LogP contribution is -1.85. The highest BCUT2D eigenvalue weighted by Gasteiger charge is 2.20. The van der Waals surface area contributed by atoms with Crippen LogP contribution >= 0.6 is 0 Å². The molecule has 2 rings (SSSR count). The van der Waals surface area contributed by atoms with Crippen LogP contribution in [0, 0.1) is 17.2 Å². The fraction of sp³-hybridized carbons (Fsp3) is 0.357. The van der Waals surface area contributed by atoms with Gasteiger partial charge < -0.3 is 0 Å². The number of nitriles is 1. The highest BCUT2D eigenvalue weighted by molar-refractivity contribution is 5.63. The van der Waals surface area contributed by atoms with Gasteiger partial charge in [-0.1, -0.05) is 31.6 Å². The zero-order valence-electron chi connectivity index (χ0n) is 8.87. The number of nitrogens with zero attached hydrogens (tertiary/aromatic N) is 1. The molecule has 1 heteroatoms. The first kappa shape index (κ1) is 9.98. The van der Waals surface area contributed by atoms with Crippen molar-refractivity contribution in [3.05, 3.63) is 42.0 Å². The van der Waals surface area contributed by atoms with E-state index in [1.54, 1.807) is 0 Å². The van der Waals surface area contributed by atoms with Crippen molar-refractivity contribution in [2.24, 2.45) is 5.92 Å². The summed E-state index contributed by atoms with van der Waals surface area (Å²) in [5.74, 6) is 0.958. The summed E-state index contributed by atoms with van der Waals surface area (Å²) in [5.41, 5.74) is 3.09. The van der Waals surface area contributed by atoms with E-state index in [1.807, 2.05) is 24.3 Å². The summed E-state index contributed by atoms with van der Waals surface area (Å²) in [6, 6.07) is 9.83. The lowest BCUT2D eigenvalue weighted by atomic mass is 10.0. The Balaban J connectivity index is 1.95. The molecule has 0 bridgehead atoms. The first-order valence-corrected chi connectivity index (χ1v) is 5.48. The predicted octanol–water partition coefficient (Wildman–Crippen LogP) is 3.76. The number of hydrogen-bond acceptors (Lipinski definition) is 1. The van der Waals surface area contributed by atoms with Crippen molar-refractivity contribution in [2.45, 2.75) is 25.7 Å². The molecule has 0 aliphatic heterocycles. The summed E-state index contributed by atoms with van der Waals surface area (Å²) in [6.07, 6.45) is 5.18. The van der Waals surface area contributed by atoms with Crippen LogP contribution in [0.5, 0.6) is 0 Å². The highest BCUT2D eigenvalue weighted by Crippen LogP contribution is 2.35. The summed E-state index contributed by atoms with van der Waals surface area (Å²) in [4.78, 5) is 0. The smallest absolute Gasteiger partial charge is 0.0991 e. The van der Waals surface area contributed by atoms with Gasteiger partial charge in [-0.25, -0.2) is 0 Å². The molecule has 1 nitrogen and oxygen atoms in total. The zero-order valence-corrected chi connectivity index (χ0v) is 8.87. The van der Waals surface area contributed by atoms with Gasteiger partial charge in [0.25, 0.3) is 0 Å². The molecule has 0 N–H and O–H groups in total. The second-order valence-electron chi connectivity index (χ2n) is 4.27. The average Bonchev–Trinajstić information content (AvgIpc) is 3.10. The van der Waals surface area contributed by atoms with Gasteiger partial charge >= 0.3 is 0 Å². The van der Waals surface area contributed by atoms with E-state index in [0.29, 0.717) is 5.56 Å². The van der Waals surface area contributed by atoms with E-state index in [1.165, 1.54) is 30.4 Å². The minimum Gasteiger partial charge on any atom is -0.192 e.